The summed E-state index contributed by atoms with van der Waals surface area (Å²) in [6.45, 7) is 10.7. The second-order valence-electron chi connectivity index (χ2n) is 8.56. The fourth-order valence-corrected chi connectivity index (χ4v) is 20.7. The van der Waals surface area contributed by atoms with Gasteiger partial charge in [-0.2, -0.15) is 0 Å². The summed E-state index contributed by atoms with van der Waals surface area (Å²) in [7, 11) is 0. The normalized spacial score (nSPS) is 19.1. The number of nitrogens with zero attached hydrogens (tertiary/aromatic N) is 1. The van der Waals surface area contributed by atoms with Crippen LogP contribution in [0.1, 0.15) is 81.6 Å². The van der Waals surface area contributed by atoms with Crippen LogP contribution in [0.3, 0.4) is 0 Å². The van der Waals surface area contributed by atoms with E-state index in [-0.39, 0.29) is 5.91 Å². The molecular formula is C24H39NO2Sn. The molecule has 1 aliphatic heterocycles. The monoisotopic (exact) mass is 493 g/mol. The maximum atomic E-state index is 13.4. The van der Waals surface area contributed by atoms with Crippen molar-refractivity contribution < 1.29 is 9.90 Å². The zero-order valence-electron chi connectivity index (χ0n) is 18.2. The SMILES string of the molecule is C=CCC1(O)c2ccccc2C(=O)N1[CH2][Sn]([CH2]CCC)([CH2]CCC)[CH2]CCC. The van der Waals surface area contributed by atoms with Gasteiger partial charge in [-0.15, -0.1) is 0 Å². The summed E-state index contributed by atoms with van der Waals surface area (Å²) in [6.07, 6.45) is 9.57. The molecule has 1 aromatic rings. The molecule has 28 heavy (non-hydrogen) atoms. The van der Waals surface area contributed by atoms with Crippen LogP contribution < -0.4 is 0 Å². The molecule has 0 saturated carbocycles. The molecule has 1 amide bonds. The predicted molar refractivity (Wildman–Crippen MR) is 121 cm³/mol. The van der Waals surface area contributed by atoms with Crippen molar-refractivity contribution in [2.45, 2.75) is 84.8 Å². The van der Waals surface area contributed by atoms with Crippen LogP contribution in [-0.2, 0) is 5.72 Å². The zero-order chi connectivity index (χ0) is 20.6. The van der Waals surface area contributed by atoms with Gasteiger partial charge in [0.1, 0.15) is 0 Å². The number of amides is 1. The Balaban J connectivity index is 2.42. The van der Waals surface area contributed by atoms with Crippen LogP contribution in [0.4, 0.5) is 0 Å². The Morgan fingerprint density at radius 2 is 1.57 bits per heavy atom. The van der Waals surface area contributed by atoms with Gasteiger partial charge in [0.05, 0.1) is 0 Å². The number of hydrogen-bond donors (Lipinski definition) is 1. The van der Waals surface area contributed by atoms with Crippen LogP contribution in [0.2, 0.25) is 13.3 Å². The second kappa shape index (κ2) is 10.8. The summed E-state index contributed by atoms with van der Waals surface area (Å²) < 4.78 is 4.83. The summed E-state index contributed by atoms with van der Waals surface area (Å²) in [6, 6.07) is 7.60. The minimum absolute atomic E-state index is 0.0190. The van der Waals surface area contributed by atoms with Crippen molar-refractivity contribution >= 4 is 24.3 Å². The van der Waals surface area contributed by atoms with E-state index in [1.165, 1.54) is 51.8 Å². The molecule has 4 heteroatoms. The summed E-state index contributed by atoms with van der Waals surface area (Å²) in [5, 5.41) is 11.7. The van der Waals surface area contributed by atoms with E-state index < -0.39 is 24.1 Å². The Bertz CT molecular complexity index is 638. The third kappa shape index (κ3) is 5.02. The molecule has 0 fully saturated rings. The molecule has 0 spiro atoms. The van der Waals surface area contributed by atoms with Crippen LogP contribution in [0.25, 0.3) is 0 Å². The molecule has 0 radical (unpaired) electrons. The van der Waals surface area contributed by atoms with Crippen LogP contribution in [-0.4, -0.2) is 38.9 Å². The van der Waals surface area contributed by atoms with Gasteiger partial charge in [0.15, 0.2) is 0 Å². The van der Waals surface area contributed by atoms with Crippen molar-refractivity contribution in [2.24, 2.45) is 0 Å². The number of carbonyl (C=O) groups excluding carboxylic acids is 1. The van der Waals surface area contributed by atoms with Crippen molar-refractivity contribution in [3.05, 3.63) is 48.0 Å². The zero-order valence-corrected chi connectivity index (χ0v) is 21.0. The van der Waals surface area contributed by atoms with E-state index in [1.54, 1.807) is 6.08 Å². The molecule has 3 nitrogen and oxygen atoms in total. The van der Waals surface area contributed by atoms with Gasteiger partial charge in [-0.3, -0.25) is 0 Å². The molecule has 1 aromatic carbocycles. The third-order valence-corrected chi connectivity index (χ3v) is 21.3. The van der Waals surface area contributed by atoms with E-state index >= 15 is 0 Å². The van der Waals surface area contributed by atoms with Crippen LogP contribution in [0, 0.1) is 0 Å². The van der Waals surface area contributed by atoms with Gasteiger partial charge in [0, 0.05) is 0 Å². The Labute approximate surface area is 176 Å². The van der Waals surface area contributed by atoms with Crippen molar-refractivity contribution in [1.29, 1.82) is 0 Å². The van der Waals surface area contributed by atoms with Crippen molar-refractivity contribution in [3.63, 3.8) is 0 Å². The first-order valence-corrected chi connectivity index (χ1v) is 19.3. The summed E-state index contributed by atoms with van der Waals surface area (Å²) >= 11 is -2.63. The molecule has 2 rings (SSSR count). The molecule has 0 aromatic heterocycles. The van der Waals surface area contributed by atoms with E-state index in [4.69, 9.17) is 0 Å². The first kappa shape index (κ1) is 23.5. The molecule has 1 atom stereocenters. The number of carbonyl (C=O) groups is 1. The summed E-state index contributed by atoms with van der Waals surface area (Å²) in [4.78, 5) is 15.2. The second-order valence-corrected chi connectivity index (χ2v) is 22.3. The molecule has 0 bridgehead atoms. The topological polar surface area (TPSA) is 40.5 Å². The van der Waals surface area contributed by atoms with E-state index in [1.807, 2.05) is 29.2 Å². The standard InChI is InChI=1S/C12H12NO2.3C4H9.Sn/c1-3-8-12(15)10-7-5-4-6-9(10)11(14)13(12)2;3*1-3-4-2;/h3-7,15H,1-2,8H2;3*1,3-4H2,2H3;. The Kier molecular flexibility index (Phi) is 9.07. The van der Waals surface area contributed by atoms with Gasteiger partial charge in [-0.05, 0) is 0 Å². The molecular weight excluding hydrogens is 453 g/mol. The summed E-state index contributed by atoms with van der Waals surface area (Å²) in [5.41, 5.74) is 0.220. The van der Waals surface area contributed by atoms with Crippen molar-refractivity contribution in [3.8, 4) is 0 Å². The van der Waals surface area contributed by atoms with Gasteiger partial charge in [-0.25, -0.2) is 0 Å². The van der Waals surface area contributed by atoms with Gasteiger partial charge in [0.25, 0.3) is 0 Å². The molecule has 1 N–H and O–H groups in total. The van der Waals surface area contributed by atoms with Crippen molar-refractivity contribution in [2.75, 3.05) is 4.56 Å². The quantitative estimate of drug-likeness (QED) is 0.261. The number of rotatable bonds is 13. The molecule has 1 unspecified atom stereocenters. The van der Waals surface area contributed by atoms with E-state index in [0.717, 1.165) is 10.1 Å². The predicted octanol–water partition coefficient (Wildman–Crippen LogP) is 6.25. The molecule has 1 heterocycles. The number of benzene rings is 1. The number of fused-ring (bicyclic) bond motifs is 1. The Morgan fingerprint density at radius 1 is 1.04 bits per heavy atom. The fraction of sp³-hybridized carbons (Fsp3) is 0.625. The Morgan fingerprint density at radius 3 is 2.07 bits per heavy atom. The average molecular weight is 492 g/mol. The van der Waals surface area contributed by atoms with E-state index in [0.29, 0.717) is 12.0 Å². The number of aliphatic hydroxyl groups is 1. The van der Waals surface area contributed by atoms with Gasteiger partial charge < -0.3 is 0 Å². The molecule has 0 aliphatic carbocycles. The first-order chi connectivity index (χ1) is 13.5. The number of hydrogen-bond acceptors (Lipinski definition) is 2. The Hall–Kier alpha value is -0.811. The maximum absolute atomic E-state index is 13.4. The van der Waals surface area contributed by atoms with Crippen LogP contribution >= 0.6 is 0 Å². The number of unbranched alkanes of at least 4 members (excludes halogenated alkanes) is 3. The van der Waals surface area contributed by atoms with E-state index in [2.05, 4.69) is 27.4 Å². The van der Waals surface area contributed by atoms with E-state index in [9.17, 15) is 9.90 Å². The fourth-order valence-electron chi connectivity index (χ4n) is 4.70. The van der Waals surface area contributed by atoms with Gasteiger partial charge in [0.2, 0.25) is 0 Å². The van der Waals surface area contributed by atoms with Crippen LogP contribution in [0.5, 0.6) is 0 Å². The molecule has 1 aliphatic rings. The van der Waals surface area contributed by atoms with Crippen LogP contribution in [0.15, 0.2) is 36.9 Å². The summed E-state index contributed by atoms with van der Waals surface area (Å²) in [5.74, 6) is 0.0190. The minimum atomic E-state index is -2.63. The molecule has 0 saturated heterocycles. The third-order valence-electron chi connectivity index (χ3n) is 6.38. The van der Waals surface area contributed by atoms with Gasteiger partial charge in [-0.1, -0.05) is 0 Å². The first-order valence-electron chi connectivity index (χ1n) is 11.2. The average Bonchev–Trinajstić information content (AvgIpc) is 2.91. The molecule has 156 valence electrons. The van der Waals surface area contributed by atoms with Crippen molar-refractivity contribution in [1.82, 2.24) is 4.90 Å². The van der Waals surface area contributed by atoms with Gasteiger partial charge >= 0.3 is 176 Å².